The molecule has 0 radical (unpaired) electrons. The molecule has 1 aliphatic heterocycles. The van der Waals surface area contributed by atoms with Gasteiger partial charge in [-0.15, -0.1) is 0 Å². The highest BCUT2D eigenvalue weighted by Gasteiger charge is 2.21. The molecule has 0 spiro atoms. The second-order valence-electron chi connectivity index (χ2n) is 4.77. The van der Waals surface area contributed by atoms with Gasteiger partial charge in [-0.25, -0.2) is 0 Å². The van der Waals surface area contributed by atoms with Crippen molar-refractivity contribution in [2.75, 3.05) is 13.1 Å². The van der Waals surface area contributed by atoms with E-state index in [-0.39, 0.29) is 12.5 Å². The first kappa shape index (κ1) is 13.5. The number of nitrogens with one attached hydrogen (secondary N) is 1. The highest BCUT2D eigenvalue weighted by atomic mass is 16.4. The third kappa shape index (κ3) is 3.32. The Morgan fingerprint density at radius 1 is 1.37 bits per heavy atom. The molecule has 5 heteroatoms. The van der Waals surface area contributed by atoms with Gasteiger partial charge in [0.2, 0.25) is 5.91 Å². The minimum atomic E-state index is -0.947. The Labute approximate surface area is 112 Å². The molecule has 102 valence electrons. The molecule has 19 heavy (non-hydrogen) atoms. The van der Waals surface area contributed by atoms with E-state index >= 15 is 0 Å². The van der Waals surface area contributed by atoms with Gasteiger partial charge in [-0.05, 0) is 24.5 Å². The number of fused-ring (bicyclic) bond motifs is 1. The van der Waals surface area contributed by atoms with Gasteiger partial charge in [0.05, 0.1) is 6.54 Å². The maximum atomic E-state index is 12.0. The second-order valence-corrected chi connectivity index (χ2v) is 4.77. The zero-order valence-electron chi connectivity index (χ0n) is 10.9. The summed E-state index contributed by atoms with van der Waals surface area (Å²) in [6.07, 6.45) is 0.858. The summed E-state index contributed by atoms with van der Waals surface area (Å²) < 4.78 is 0. The van der Waals surface area contributed by atoms with Gasteiger partial charge in [-0.2, -0.15) is 0 Å². The zero-order chi connectivity index (χ0) is 13.8. The van der Waals surface area contributed by atoms with Crippen LogP contribution < -0.4 is 5.32 Å². The summed E-state index contributed by atoms with van der Waals surface area (Å²) in [6.45, 7) is 2.90. The lowest BCUT2D eigenvalue weighted by Gasteiger charge is -2.29. The van der Waals surface area contributed by atoms with Gasteiger partial charge >= 0.3 is 5.97 Å². The van der Waals surface area contributed by atoms with Gasteiger partial charge in [0.15, 0.2) is 0 Å². The van der Waals surface area contributed by atoms with Crippen molar-refractivity contribution in [3.8, 4) is 0 Å². The highest BCUT2D eigenvalue weighted by molar-refractivity contribution is 5.80. The summed E-state index contributed by atoms with van der Waals surface area (Å²) in [4.78, 5) is 24.4. The van der Waals surface area contributed by atoms with E-state index in [0.29, 0.717) is 13.1 Å². The molecule has 2 N–H and O–H groups in total. The number of rotatable bonds is 4. The molecular formula is C14H18N2O3. The number of hydrogen-bond donors (Lipinski definition) is 2. The molecule has 0 aliphatic carbocycles. The molecule has 0 saturated carbocycles. The van der Waals surface area contributed by atoms with Gasteiger partial charge in [0.1, 0.15) is 6.04 Å². The first-order chi connectivity index (χ1) is 9.08. The lowest BCUT2D eigenvalue weighted by molar-refractivity contribution is -0.139. The number of carboxylic acid groups (broad SMARTS) is 1. The minimum absolute atomic E-state index is 0.0531. The zero-order valence-corrected chi connectivity index (χ0v) is 10.9. The molecular weight excluding hydrogens is 244 g/mol. The van der Waals surface area contributed by atoms with Gasteiger partial charge in [-0.1, -0.05) is 24.3 Å². The number of benzene rings is 1. The Bertz CT molecular complexity index is 487. The fourth-order valence-electron chi connectivity index (χ4n) is 2.15. The van der Waals surface area contributed by atoms with Crippen LogP contribution in [-0.2, 0) is 22.6 Å². The largest absolute Gasteiger partial charge is 0.480 e. The van der Waals surface area contributed by atoms with Crippen LogP contribution in [0.5, 0.6) is 0 Å². The van der Waals surface area contributed by atoms with Crippen LogP contribution in [0.25, 0.3) is 0 Å². The van der Waals surface area contributed by atoms with Crippen molar-refractivity contribution in [3.05, 3.63) is 35.4 Å². The molecule has 1 aromatic rings. The third-order valence-electron chi connectivity index (χ3n) is 3.41. The Balaban J connectivity index is 1.90. The van der Waals surface area contributed by atoms with E-state index in [0.717, 1.165) is 6.42 Å². The summed E-state index contributed by atoms with van der Waals surface area (Å²) >= 11 is 0. The van der Waals surface area contributed by atoms with Crippen molar-refractivity contribution in [1.29, 1.82) is 0 Å². The van der Waals surface area contributed by atoms with Crippen LogP contribution in [0.3, 0.4) is 0 Å². The number of aliphatic carboxylic acids is 1. The predicted octanol–water partition coefficient (Wildman–Crippen LogP) is 0.634. The first-order valence-corrected chi connectivity index (χ1v) is 6.38. The van der Waals surface area contributed by atoms with Crippen molar-refractivity contribution in [1.82, 2.24) is 10.2 Å². The van der Waals surface area contributed by atoms with E-state index in [1.54, 1.807) is 4.90 Å². The van der Waals surface area contributed by atoms with Crippen molar-refractivity contribution in [2.24, 2.45) is 0 Å². The molecule has 0 fully saturated rings. The van der Waals surface area contributed by atoms with Gasteiger partial charge in [0.25, 0.3) is 0 Å². The molecule has 5 nitrogen and oxygen atoms in total. The number of carboxylic acids is 1. The molecule has 0 saturated heterocycles. The topological polar surface area (TPSA) is 69.6 Å². The number of hydrogen-bond acceptors (Lipinski definition) is 3. The summed E-state index contributed by atoms with van der Waals surface area (Å²) in [5, 5.41) is 11.5. The molecule has 0 aromatic heterocycles. The number of carbonyl (C=O) groups is 2. The smallest absolute Gasteiger partial charge is 0.320 e. The quantitative estimate of drug-likeness (QED) is 0.835. The summed E-state index contributed by atoms with van der Waals surface area (Å²) in [5.74, 6) is -1.00. The van der Waals surface area contributed by atoms with Gasteiger partial charge in [0, 0.05) is 13.1 Å². The lowest BCUT2D eigenvalue weighted by atomic mass is 10.00. The monoisotopic (exact) mass is 262 g/mol. The van der Waals surface area contributed by atoms with Crippen LogP contribution in [0, 0.1) is 0 Å². The molecule has 0 bridgehead atoms. The average molecular weight is 262 g/mol. The van der Waals surface area contributed by atoms with Crippen LogP contribution >= 0.6 is 0 Å². The Morgan fingerprint density at radius 2 is 2.05 bits per heavy atom. The van der Waals surface area contributed by atoms with E-state index in [9.17, 15) is 9.59 Å². The van der Waals surface area contributed by atoms with Crippen LogP contribution in [0.15, 0.2) is 24.3 Å². The summed E-state index contributed by atoms with van der Waals surface area (Å²) in [5.41, 5.74) is 2.46. The predicted molar refractivity (Wildman–Crippen MR) is 70.7 cm³/mol. The maximum absolute atomic E-state index is 12.0. The van der Waals surface area contributed by atoms with Crippen molar-refractivity contribution < 1.29 is 14.7 Å². The molecule has 2 rings (SSSR count). The van der Waals surface area contributed by atoms with Crippen LogP contribution in [0.2, 0.25) is 0 Å². The van der Waals surface area contributed by atoms with Gasteiger partial charge < -0.3 is 10.0 Å². The van der Waals surface area contributed by atoms with Crippen LogP contribution in [0.1, 0.15) is 18.1 Å². The normalized spacial score (nSPS) is 15.7. The maximum Gasteiger partial charge on any atom is 0.320 e. The van der Waals surface area contributed by atoms with E-state index < -0.39 is 12.0 Å². The Morgan fingerprint density at radius 3 is 2.74 bits per heavy atom. The number of carbonyl (C=O) groups excluding carboxylic acids is 1. The second kappa shape index (κ2) is 5.84. The molecule has 1 aromatic carbocycles. The number of nitrogens with zero attached hydrogens (tertiary/aromatic N) is 1. The highest BCUT2D eigenvalue weighted by Crippen LogP contribution is 2.18. The van der Waals surface area contributed by atoms with E-state index in [4.69, 9.17) is 5.11 Å². The molecule has 1 atom stereocenters. The number of amides is 1. The van der Waals surface area contributed by atoms with E-state index in [2.05, 4.69) is 11.4 Å². The summed E-state index contributed by atoms with van der Waals surface area (Å²) in [7, 11) is 0. The standard InChI is InChI=1S/C14H18N2O3/c1-10(14(18)19)15-8-13(17)16-7-6-11-4-2-3-5-12(11)9-16/h2-5,10,15H,6-9H2,1H3,(H,18,19)/t10-/m1/s1. The van der Waals surface area contributed by atoms with Crippen LogP contribution in [0.4, 0.5) is 0 Å². The lowest BCUT2D eigenvalue weighted by Crippen LogP contribution is -2.44. The fourth-order valence-corrected chi connectivity index (χ4v) is 2.15. The minimum Gasteiger partial charge on any atom is -0.480 e. The first-order valence-electron chi connectivity index (χ1n) is 6.38. The Kier molecular flexibility index (Phi) is 4.16. The SMILES string of the molecule is C[C@@H](NCC(=O)N1CCc2ccccc2C1)C(=O)O. The molecule has 1 aliphatic rings. The molecule has 1 amide bonds. The van der Waals surface area contributed by atoms with Crippen molar-refractivity contribution in [2.45, 2.75) is 25.9 Å². The Hall–Kier alpha value is -1.88. The fraction of sp³-hybridized carbons (Fsp3) is 0.429. The molecule has 0 unspecified atom stereocenters. The van der Waals surface area contributed by atoms with Crippen LogP contribution in [-0.4, -0.2) is 41.0 Å². The van der Waals surface area contributed by atoms with E-state index in [1.807, 2.05) is 18.2 Å². The third-order valence-corrected chi connectivity index (χ3v) is 3.41. The average Bonchev–Trinajstić information content (AvgIpc) is 2.43. The van der Waals surface area contributed by atoms with Crippen molar-refractivity contribution >= 4 is 11.9 Å². The van der Waals surface area contributed by atoms with Crippen molar-refractivity contribution in [3.63, 3.8) is 0 Å². The summed E-state index contributed by atoms with van der Waals surface area (Å²) in [6, 6.07) is 7.38. The van der Waals surface area contributed by atoms with E-state index in [1.165, 1.54) is 18.1 Å². The molecule has 1 heterocycles. The van der Waals surface area contributed by atoms with Gasteiger partial charge in [-0.3, -0.25) is 14.9 Å².